The lowest BCUT2D eigenvalue weighted by Gasteiger charge is -2.37. The van der Waals surface area contributed by atoms with Crippen LogP contribution in [0.5, 0.6) is 0 Å². The van der Waals surface area contributed by atoms with E-state index in [9.17, 15) is 4.79 Å². The Morgan fingerprint density at radius 1 is 1.11 bits per heavy atom. The van der Waals surface area contributed by atoms with Crippen LogP contribution in [0.25, 0.3) is 0 Å². The molecule has 0 aromatic heterocycles. The fourth-order valence-electron chi connectivity index (χ4n) is 3.56. The van der Waals surface area contributed by atoms with Crippen LogP contribution in [-0.4, -0.2) is 18.4 Å². The molecule has 3 rings (SSSR count). The highest BCUT2D eigenvalue weighted by atomic mass is 16.1. The third kappa shape index (κ3) is 2.54. The zero-order valence-corrected chi connectivity index (χ0v) is 11.8. The summed E-state index contributed by atoms with van der Waals surface area (Å²) in [6.07, 6.45) is 6.93. The molecule has 1 fully saturated rings. The van der Waals surface area contributed by atoms with Gasteiger partial charge in [-0.3, -0.25) is 4.79 Å². The van der Waals surface area contributed by atoms with E-state index in [4.69, 9.17) is 0 Å². The number of fused-ring (bicyclic) bond motifs is 1. The molecule has 102 valence electrons. The van der Waals surface area contributed by atoms with E-state index in [1.807, 2.05) is 12.1 Å². The van der Waals surface area contributed by atoms with Gasteiger partial charge in [-0.05, 0) is 50.2 Å². The van der Waals surface area contributed by atoms with Crippen LogP contribution in [0.1, 0.15) is 55.8 Å². The molecule has 0 spiro atoms. The minimum atomic E-state index is 0.322. The van der Waals surface area contributed by atoms with Crippen molar-refractivity contribution in [2.24, 2.45) is 5.92 Å². The van der Waals surface area contributed by atoms with Crippen molar-refractivity contribution >= 4 is 11.5 Å². The molecule has 0 radical (unpaired) electrons. The van der Waals surface area contributed by atoms with Gasteiger partial charge in [0.05, 0.1) is 0 Å². The van der Waals surface area contributed by atoms with E-state index >= 15 is 0 Å². The molecule has 0 amide bonds. The van der Waals surface area contributed by atoms with Crippen LogP contribution in [0.2, 0.25) is 0 Å². The fourth-order valence-corrected chi connectivity index (χ4v) is 3.56. The van der Waals surface area contributed by atoms with E-state index in [-0.39, 0.29) is 0 Å². The lowest BCUT2D eigenvalue weighted by atomic mass is 9.86. The molecule has 0 saturated heterocycles. The maximum absolute atomic E-state index is 12.2. The quantitative estimate of drug-likeness (QED) is 0.756. The van der Waals surface area contributed by atoms with Crippen molar-refractivity contribution in [2.75, 3.05) is 11.4 Å². The average molecular weight is 257 g/mol. The Labute approximate surface area is 115 Å². The second kappa shape index (κ2) is 5.36. The molecule has 1 aromatic rings. The highest BCUT2D eigenvalue weighted by Gasteiger charge is 2.28. The van der Waals surface area contributed by atoms with E-state index in [0.29, 0.717) is 18.2 Å². The van der Waals surface area contributed by atoms with Crippen molar-refractivity contribution in [3.8, 4) is 0 Å². The number of hydrogen-bond acceptors (Lipinski definition) is 2. The first-order chi connectivity index (χ1) is 9.25. The van der Waals surface area contributed by atoms with Crippen LogP contribution in [0.15, 0.2) is 24.3 Å². The molecule has 0 N–H and O–H groups in total. The third-order valence-electron chi connectivity index (χ3n) is 4.74. The van der Waals surface area contributed by atoms with Crippen molar-refractivity contribution in [3.63, 3.8) is 0 Å². The molecule has 0 bridgehead atoms. The Kier molecular flexibility index (Phi) is 3.58. The zero-order chi connectivity index (χ0) is 13.2. The number of benzene rings is 1. The Bertz CT molecular complexity index is 460. The molecule has 19 heavy (non-hydrogen) atoms. The van der Waals surface area contributed by atoms with Crippen molar-refractivity contribution in [2.45, 2.75) is 51.5 Å². The molecule has 2 nitrogen and oxygen atoms in total. The number of ketones is 1. The summed E-state index contributed by atoms with van der Waals surface area (Å²) in [5.41, 5.74) is 2.13. The second-order valence-electron chi connectivity index (χ2n) is 6.15. The number of anilines is 1. The Balaban J connectivity index is 1.89. The molecule has 1 heterocycles. The Morgan fingerprint density at radius 3 is 2.63 bits per heavy atom. The van der Waals surface area contributed by atoms with Gasteiger partial charge in [0.25, 0.3) is 0 Å². The molecule has 2 heteroatoms. The summed E-state index contributed by atoms with van der Waals surface area (Å²) < 4.78 is 0. The van der Waals surface area contributed by atoms with Gasteiger partial charge in [0.15, 0.2) is 5.78 Å². The van der Waals surface area contributed by atoms with Gasteiger partial charge in [-0.25, -0.2) is 0 Å². The first kappa shape index (κ1) is 12.7. The summed E-state index contributed by atoms with van der Waals surface area (Å²) in [6, 6.07) is 8.83. The molecule has 1 aromatic carbocycles. The molecule has 1 saturated carbocycles. The largest absolute Gasteiger partial charge is 0.368 e. The van der Waals surface area contributed by atoms with E-state index in [1.54, 1.807) is 0 Å². The smallest absolute Gasteiger partial charge is 0.165 e. The van der Waals surface area contributed by atoms with E-state index in [1.165, 1.54) is 31.4 Å². The monoisotopic (exact) mass is 257 g/mol. The summed E-state index contributed by atoms with van der Waals surface area (Å²) in [6.45, 7) is 3.40. The van der Waals surface area contributed by atoms with Gasteiger partial charge in [-0.15, -0.1) is 0 Å². The minimum absolute atomic E-state index is 0.322. The van der Waals surface area contributed by atoms with Gasteiger partial charge in [0.1, 0.15) is 0 Å². The number of nitrogens with zero attached hydrogens (tertiary/aromatic N) is 1. The number of rotatable bonds is 1. The van der Waals surface area contributed by atoms with Crippen molar-refractivity contribution in [1.29, 1.82) is 0 Å². The molecular formula is C17H23NO. The molecule has 2 aliphatic rings. The lowest BCUT2D eigenvalue weighted by molar-refractivity contribution is 0.0984. The second-order valence-corrected chi connectivity index (χ2v) is 6.15. The summed E-state index contributed by atoms with van der Waals surface area (Å²) in [7, 11) is 0. The van der Waals surface area contributed by atoms with Crippen LogP contribution in [0, 0.1) is 5.92 Å². The number of carbonyl (C=O) groups is 1. The van der Waals surface area contributed by atoms with Crippen molar-refractivity contribution in [1.82, 2.24) is 0 Å². The van der Waals surface area contributed by atoms with Crippen LogP contribution in [0.3, 0.4) is 0 Å². The number of para-hydroxylation sites is 1. The van der Waals surface area contributed by atoms with Crippen molar-refractivity contribution < 1.29 is 4.79 Å². The summed E-state index contributed by atoms with van der Waals surface area (Å²) in [5, 5.41) is 0. The van der Waals surface area contributed by atoms with E-state index in [0.717, 1.165) is 24.4 Å². The van der Waals surface area contributed by atoms with Crippen LogP contribution in [-0.2, 0) is 0 Å². The first-order valence-corrected chi connectivity index (χ1v) is 7.64. The highest BCUT2D eigenvalue weighted by molar-refractivity contribution is 6.02. The Hall–Kier alpha value is -1.31. The SMILES string of the molecule is CC1CCC(N2CCCC(=O)c3ccccc32)CC1. The standard InChI is InChI=1S/C17H23NO/c1-13-8-10-14(11-9-13)18-12-4-7-17(19)15-5-2-3-6-16(15)18/h2-3,5-6,13-14H,4,7-12H2,1H3. The summed E-state index contributed by atoms with van der Waals surface area (Å²) >= 11 is 0. The predicted molar refractivity (Wildman–Crippen MR) is 78.8 cm³/mol. The van der Waals surface area contributed by atoms with Crippen LogP contribution < -0.4 is 4.90 Å². The summed E-state index contributed by atoms with van der Waals surface area (Å²) in [5.74, 6) is 1.20. The highest BCUT2D eigenvalue weighted by Crippen LogP contribution is 2.34. The molecule has 0 unspecified atom stereocenters. The van der Waals surface area contributed by atoms with Gasteiger partial charge in [0.2, 0.25) is 0 Å². The molecule has 1 aliphatic carbocycles. The lowest BCUT2D eigenvalue weighted by Crippen LogP contribution is -2.38. The number of Topliss-reactive ketones (excluding diaryl/α,β-unsaturated/α-hetero) is 1. The fraction of sp³-hybridized carbons (Fsp3) is 0.588. The third-order valence-corrected chi connectivity index (χ3v) is 4.74. The van der Waals surface area contributed by atoms with Gasteiger partial charge >= 0.3 is 0 Å². The van der Waals surface area contributed by atoms with E-state index in [2.05, 4.69) is 24.0 Å². The number of carbonyl (C=O) groups excluding carboxylic acids is 1. The normalized spacial score (nSPS) is 27.8. The molecule has 0 atom stereocenters. The average Bonchev–Trinajstić information content (AvgIpc) is 2.60. The predicted octanol–water partition coefficient (Wildman–Crippen LogP) is 4.05. The first-order valence-electron chi connectivity index (χ1n) is 7.64. The van der Waals surface area contributed by atoms with E-state index < -0.39 is 0 Å². The van der Waals surface area contributed by atoms with Gasteiger partial charge in [-0.1, -0.05) is 19.1 Å². The minimum Gasteiger partial charge on any atom is -0.368 e. The molecule has 1 aliphatic heterocycles. The maximum atomic E-state index is 12.2. The maximum Gasteiger partial charge on any atom is 0.165 e. The summed E-state index contributed by atoms with van der Waals surface area (Å²) in [4.78, 5) is 14.7. The van der Waals surface area contributed by atoms with Crippen molar-refractivity contribution in [3.05, 3.63) is 29.8 Å². The number of hydrogen-bond donors (Lipinski definition) is 0. The zero-order valence-electron chi connectivity index (χ0n) is 11.8. The van der Waals surface area contributed by atoms with Gasteiger partial charge in [-0.2, -0.15) is 0 Å². The van der Waals surface area contributed by atoms with Crippen LogP contribution in [0.4, 0.5) is 5.69 Å². The molecular weight excluding hydrogens is 234 g/mol. The van der Waals surface area contributed by atoms with Gasteiger partial charge < -0.3 is 4.90 Å². The van der Waals surface area contributed by atoms with Crippen LogP contribution >= 0.6 is 0 Å². The Morgan fingerprint density at radius 2 is 1.84 bits per heavy atom. The topological polar surface area (TPSA) is 20.3 Å². The van der Waals surface area contributed by atoms with Gasteiger partial charge in [0, 0.05) is 30.3 Å².